The van der Waals surface area contributed by atoms with E-state index in [1.54, 1.807) is 19.9 Å². The van der Waals surface area contributed by atoms with Crippen LogP contribution in [0.15, 0.2) is 23.8 Å². The molecular weight excluding hydrogens is 435 g/mol. The number of halogens is 2. The first kappa shape index (κ1) is 23.6. The number of aliphatic hydroxyl groups is 1. The van der Waals surface area contributed by atoms with Crippen LogP contribution in [0.3, 0.4) is 0 Å². The molecule has 32 heavy (non-hydrogen) atoms. The van der Waals surface area contributed by atoms with E-state index in [-0.39, 0.29) is 42.1 Å². The fourth-order valence-corrected chi connectivity index (χ4v) is 7.95. The highest BCUT2D eigenvalue weighted by Gasteiger charge is 2.77. The van der Waals surface area contributed by atoms with Gasteiger partial charge in [0.25, 0.3) is 0 Å². The van der Waals surface area contributed by atoms with Crippen molar-refractivity contribution >= 4 is 29.1 Å². The topological polar surface area (TPSA) is 80.7 Å². The monoisotopic (exact) mass is 466 g/mol. The minimum atomic E-state index is -1.99. The molecule has 7 heteroatoms. The van der Waals surface area contributed by atoms with Crippen LogP contribution in [0.25, 0.3) is 0 Å². The van der Waals surface area contributed by atoms with Gasteiger partial charge in [-0.05, 0) is 50.7 Å². The van der Waals surface area contributed by atoms with Crippen molar-refractivity contribution in [3.05, 3.63) is 23.8 Å². The Morgan fingerprint density at radius 2 is 2.00 bits per heavy atom. The Morgan fingerprint density at radius 3 is 2.62 bits per heavy atom. The molecule has 1 N–H and O–H groups in total. The van der Waals surface area contributed by atoms with Crippen LogP contribution in [0.1, 0.15) is 59.8 Å². The Morgan fingerprint density at radius 1 is 1.31 bits per heavy atom. The van der Waals surface area contributed by atoms with E-state index in [4.69, 9.17) is 16.3 Å². The summed E-state index contributed by atoms with van der Waals surface area (Å²) >= 11 is 6.01. The van der Waals surface area contributed by atoms with Gasteiger partial charge < -0.3 is 9.84 Å². The summed E-state index contributed by atoms with van der Waals surface area (Å²) in [7, 11) is 0. The summed E-state index contributed by atoms with van der Waals surface area (Å²) in [5.41, 5.74) is -4.83. The molecular formula is C25H32ClFO5. The molecule has 0 aromatic carbocycles. The number of hydrogen-bond donors (Lipinski definition) is 1. The number of fused-ring (bicyclic) bond motifs is 5. The number of carbonyl (C=O) groups excluding carboxylic acids is 3. The van der Waals surface area contributed by atoms with Crippen molar-refractivity contribution in [1.82, 2.24) is 0 Å². The molecule has 0 amide bonds. The van der Waals surface area contributed by atoms with Crippen LogP contribution in [-0.4, -0.2) is 45.9 Å². The molecule has 176 valence electrons. The predicted molar refractivity (Wildman–Crippen MR) is 118 cm³/mol. The van der Waals surface area contributed by atoms with Gasteiger partial charge in [0.15, 0.2) is 22.8 Å². The van der Waals surface area contributed by atoms with Gasteiger partial charge in [-0.25, -0.2) is 4.39 Å². The third-order valence-electron chi connectivity index (χ3n) is 9.28. The summed E-state index contributed by atoms with van der Waals surface area (Å²) < 4.78 is 23.1. The van der Waals surface area contributed by atoms with Gasteiger partial charge in [-0.3, -0.25) is 14.4 Å². The van der Waals surface area contributed by atoms with E-state index < -0.39 is 40.1 Å². The molecule has 0 aliphatic heterocycles. The summed E-state index contributed by atoms with van der Waals surface area (Å²) in [4.78, 5) is 37.7. The lowest BCUT2D eigenvalue weighted by atomic mass is 9.44. The first-order chi connectivity index (χ1) is 14.9. The predicted octanol–water partition coefficient (Wildman–Crippen LogP) is 4.10. The molecule has 4 aliphatic carbocycles. The van der Waals surface area contributed by atoms with Crippen LogP contribution in [0.5, 0.6) is 0 Å². The fraction of sp³-hybridized carbons (Fsp3) is 0.720. The van der Waals surface area contributed by atoms with Gasteiger partial charge in [0, 0.05) is 29.1 Å². The smallest absolute Gasteiger partial charge is 0.306 e. The van der Waals surface area contributed by atoms with E-state index in [1.807, 2.05) is 13.8 Å². The molecule has 0 spiro atoms. The second-order valence-corrected chi connectivity index (χ2v) is 10.8. The SMILES string of the molecule is CCC(=O)O[C@@]1(C(=O)CCl)[C@@H](C)C[C@@H]2[C@H]3CCC4=CC(=O)C=C[C@]4(C)[C@]3(F)[C@@H](O)C[C@]21C. The number of carbonyl (C=O) groups is 3. The van der Waals surface area contributed by atoms with Gasteiger partial charge in [0.05, 0.1) is 12.0 Å². The zero-order chi connectivity index (χ0) is 23.7. The van der Waals surface area contributed by atoms with Gasteiger partial charge in [0.2, 0.25) is 0 Å². The Balaban J connectivity index is 1.85. The average molecular weight is 467 g/mol. The van der Waals surface area contributed by atoms with Crippen LogP contribution in [-0.2, 0) is 19.1 Å². The molecule has 3 saturated carbocycles. The molecule has 5 nitrogen and oxygen atoms in total. The lowest BCUT2D eigenvalue weighted by Crippen LogP contribution is -2.70. The standard InChI is InChI=1S/C25H32ClFO5/c1-5-21(31)32-25(20(30)13-26)14(2)10-18-17-7-6-15-11-16(28)8-9-22(15,3)24(17,27)19(29)12-23(18,25)4/h8-9,11,14,17-19,29H,5-7,10,12-13H2,1-4H3/t14-,17+,18+,19-,22-,23+,24+,25+/m0/s1. The quantitative estimate of drug-likeness (QED) is 0.498. The number of ketones is 2. The third kappa shape index (κ3) is 2.68. The molecule has 0 bridgehead atoms. The minimum Gasteiger partial charge on any atom is -0.450 e. The van der Waals surface area contributed by atoms with E-state index in [1.165, 1.54) is 12.2 Å². The summed E-state index contributed by atoms with van der Waals surface area (Å²) in [6, 6.07) is 0. The first-order valence-electron chi connectivity index (χ1n) is 11.5. The van der Waals surface area contributed by atoms with Gasteiger partial charge >= 0.3 is 5.97 Å². The number of hydrogen-bond acceptors (Lipinski definition) is 5. The van der Waals surface area contributed by atoms with Crippen molar-refractivity contribution in [2.75, 3.05) is 5.88 Å². The number of allylic oxidation sites excluding steroid dienone is 4. The van der Waals surface area contributed by atoms with Crippen LogP contribution < -0.4 is 0 Å². The Labute approximate surface area is 193 Å². The maximum Gasteiger partial charge on any atom is 0.306 e. The van der Waals surface area contributed by atoms with Gasteiger partial charge in [-0.15, -0.1) is 11.6 Å². The summed E-state index contributed by atoms with van der Waals surface area (Å²) in [6.07, 6.45) is 4.67. The van der Waals surface area contributed by atoms with Gasteiger partial charge in [0.1, 0.15) is 0 Å². The van der Waals surface area contributed by atoms with E-state index in [2.05, 4.69) is 0 Å². The highest BCUT2D eigenvalue weighted by molar-refractivity contribution is 6.29. The van der Waals surface area contributed by atoms with Crippen molar-refractivity contribution in [2.24, 2.45) is 28.6 Å². The zero-order valence-electron chi connectivity index (χ0n) is 19.1. The third-order valence-corrected chi connectivity index (χ3v) is 9.52. The summed E-state index contributed by atoms with van der Waals surface area (Å²) in [6.45, 7) is 7.13. The van der Waals surface area contributed by atoms with Crippen molar-refractivity contribution < 1.29 is 28.6 Å². The Kier molecular flexibility index (Phi) is 5.53. The Hall–Kier alpha value is -1.53. The van der Waals surface area contributed by atoms with Gasteiger partial charge in [-0.1, -0.05) is 32.4 Å². The highest BCUT2D eigenvalue weighted by atomic mass is 35.5. The van der Waals surface area contributed by atoms with E-state index >= 15 is 4.39 Å². The van der Waals surface area contributed by atoms with Crippen molar-refractivity contribution in [3.63, 3.8) is 0 Å². The number of esters is 1. The van der Waals surface area contributed by atoms with Crippen LogP contribution in [0.2, 0.25) is 0 Å². The molecule has 0 aromatic rings. The normalized spacial score (nSPS) is 47.2. The second-order valence-electron chi connectivity index (χ2n) is 10.5. The molecule has 0 unspecified atom stereocenters. The molecule has 4 rings (SSSR count). The molecule has 8 atom stereocenters. The lowest BCUT2D eigenvalue weighted by Gasteiger charge is -2.62. The summed E-state index contributed by atoms with van der Waals surface area (Å²) in [5, 5.41) is 11.4. The molecule has 0 radical (unpaired) electrons. The minimum absolute atomic E-state index is 0.0285. The molecule has 4 aliphatic rings. The number of rotatable bonds is 4. The van der Waals surface area contributed by atoms with Crippen molar-refractivity contribution in [3.8, 4) is 0 Å². The second kappa shape index (κ2) is 7.49. The first-order valence-corrected chi connectivity index (χ1v) is 12.1. The van der Waals surface area contributed by atoms with Crippen LogP contribution in [0, 0.1) is 28.6 Å². The number of ether oxygens (including phenoxy) is 1. The van der Waals surface area contributed by atoms with Crippen LogP contribution >= 0.6 is 11.6 Å². The average Bonchev–Trinajstić information content (AvgIpc) is 2.96. The maximum absolute atomic E-state index is 17.2. The zero-order valence-corrected chi connectivity index (χ0v) is 19.9. The highest BCUT2D eigenvalue weighted by Crippen LogP contribution is 2.71. The van der Waals surface area contributed by atoms with Crippen molar-refractivity contribution in [1.29, 1.82) is 0 Å². The fourth-order valence-electron chi connectivity index (χ4n) is 7.75. The maximum atomic E-state index is 17.2. The number of alkyl halides is 2. The number of Topliss-reactive ketones (excluding diaryl/α,β-unsaturated/α-hetero) is 1. The van der Waals surface area contributed by atoms with Crippen molar-refractivity contribution in [2.45, 2.75) is 77.2 Å². The Bertz CT molecular complexity index is 929. The van der Waals surface area contributed by atoms with E-state index in [9.17, 15) is 19.5 Å². The molecule has 3 fully saturated rings. The number of aliphatic hydroxyl groups excluding tert-OH is 1. The molecule has 0 aromatic heterocycles. The van der Waals surface area contributed by atoms with Gasteiger partial charge in [-0.2, -0.15) is 0 Å². The largest absolute Gasteiger partial charge is 0.450 e. The molecule has 0 saturated heterocycles. The van der Waals surface area contributed by atoms with Crippen LogP contribution in [0.4, 0.5) is 4.39 Å². The van der Waals surface area contributed by atoms with E-state index in [0.29, 0.717) is 24.8 Å². The van der Waals surface area contributed by atoms with E-state index in [0.717, 1.165) is 0 Å². The lowest BCUT2D eigenvalue weighted by molar-refractivity contribution is -0.227. The summed E-state index contributed by atoms with van der Waals surface area (Å²) in [5.74, 6) is -2.57. The molecule has 0 heterocycles.